The molecule has 0 saturated carbocycles. The number of aliphatic hydroxyl groups excluding tert-OH is 1. The van der Waals surface area contributed by atoms with Crippen LogP contribution in [0.3, 0.4) is 0 Å². The van der Waals surface area contributed by atoms with Crippen molar-refractivity contribution in [2.45, 2.75) is 57.7 Å². The van der Waals surface area contributed by atoms with E-state index >= 15 is 0 Å². The Balaban J connectivity index is 1.91. The highest BCUT2D eigenvalue weighted by Crippen LogP contribution is 2.28. The van der Waals surface area contributed by atoms with Crippen LogP contribution in [-0.4, -0.2) is 64.1 Å². The number of amides is 2. The van der Waals surface area contributed by atoms with Gasteiger partial charge in [-0.3, -0.25) is 14.9 Å². The lowest BCUT2D eigenvalue weighted by Crippen LogP contribution is -2.50. The third kappa shape index (κ3) is 7.30. The maximum atomic E-state index is 12.8. The average molecular weight is 440 g/mol. The molecule has 2 amide bonds. The molecule has 1 fully saturated rings. The lowest BCUT2D eigenvalue weighted by Gasteiger charge is -2.27. The zero-order valence-corrected chi connectivity index (χ0v) is 17.7. The molecule has 2 rings (SSSR count). The molecule has 0 aromatic rings. The summed E-state index contributed by atoms with van der Waals surface area (Å²) < 4.78 is 5.27. The number of unbranched alkanes of at least 4 members (excludes halogenated alkanes) is 1. The van der Waals surface area contributed by atoms with Crippen molar-refractivity contribution >= 4 is 12.0 Å². The van der Waals surface area contributed by atoms with Crippen molar-refractivity contribution in [3.63, 3.8) is 0 Å². The molecule has 11 heteroatoms. The molecule has 1 heterocycles. The van der Waals surface area contributed by atoms with E-state index in [-0.39, 0.29) is 30.0 Å². The molecule has 0 spiro atoms. The number of hydrogen-bond donors (Lipinski definition) is 4. The van der Waals surface area contributed by atoms with Gasteiger partial charge in [0, 0.05) is 25.1 Å². The van der Waals surface area contributed by atoms with Gasteiger partial charge in [-0.05, 0) is 38.5 Å². The Morgan fingerprint density at radius 1 is 1.42 bits per heavy atom. The monoisotopic (exact) mass is 440 g/mol. The van der Waals surface area contributed by atoms with Gasteiger partial charge in [0.15, 0.2) is 0 Å². The fourth-order valence-electron chi connectivity index (χ4n) is 3.88. The molecular weight excluding hydrogens is 408 g/mol. The van der Waals surface area contributed by atoms with E-state index in [1.54, 1.807) is 13.0 Å². The number of alkyl carbamates (subject to hydrolysis) is 1. The van der Waals surface area contributed by atoms with Crippen LogP contribution in [0.2, 0.25) is 0 Å². The van der Waals surface area contributed by atoms with Crippen LogP contribution in [0.5, 0.6) is 0 Å². The number of hydroxylamine groups is 1. The van der Waals surface area contributed by atoms with Gasteiger partial charge in [-0.2, -0.15) is 0 Å². The predicted molar refractivity (Wildman–Crippen MR) is 110 cm³/mol. The van der Waals surface area contributed by atoms with Crippen LogP contribution in [0.25, 0.3) is 0 Å². The Labute approximate surface area is 181 Å². The zero-order chi connectivity index (χ0) is 22.8. The van der Waals surface area contributed by atoms with Gasteiger partial charge in [-0.25, -0.2) is 10.3 Å². The predicted octanol–water partition coefficient (Wildman–Crippen LogP) is 1.54. The minimum atomic E-state index is -0.862. The molecule has 0 radical (unpaired) electrons. The van der Waals surface area contributed by atoms with Crippen molar-refractivity contribution in [1.29, 1.82) is 0 Å². The number of likely N-dealkylation sites (tertiary alicyclic amines) is 1. The van der Waals surface area contributed by atoms with Gasteiger partial charge in [0.05, 0.1) is 17.4 Å². The fourth-order valence-corrected chi connectivity index (χ4v) is 3.88. The van der Waals surface area contributed by atoms with Gasteiger partial charge in [0.1, 0.15) is 12.3 Å². The second-order valence-electron chi connectivity index (χ2n) is 7.95. The van der Waals surface area contributed by atoms with Crippen molar-refractivity contribution in [1.82, 2.24) is 15.7 Å². The molecule has 1 aliphatic carbocycles. The largest absolute Gasteiger partial charge is 0.449 e. The van der Waals surface area contributed by atoms with Crippen molar-refractivity contribution in [3.8, 4) is 0 Å². The van der Waals surface area contributed by atoms with Gasteiger partial charge in [0.2, 0.25) is 11.6 Å². The van der Waals surface area contributed by atoms with E-state index in [0.29, 0.717) is 51.6 Å². The van der Waals surface area contributed by atoms with Crippen molar-refractivity contribution in [2.75, 3.05) is 19.7 Å². The van der Waals surface area contributed by atoms with E-state index in [0.717, 1.165) is 0 Å². The highest BCUT2D eigenvalue weighted by Gasteiger charge is 2.34. The highest BCUT2D eigenvalue weighted by molar-refractivity contribution is 5.86. The number of carbonyl (C=O) groups excluding carboxylic acids is 2. The van der Waals surface area contributed by atoms with E-state index in [1.807, 2.05) is 11.6 Å². The average Bonchev–Trinajstić information content (AvgIpc) is 3.19. The number of aliphatic hydroxyl groups is 1. The quantitative estimate of drug-likeness (QED) is 0.214. The molecule has 1 aliphatic heterocycles. The van der Waals surface area contributed by atoms with Crippen LogP contribution in [-0.2, 0) is 9.53 Å². The minimum absolute atomic E-state index is 0.0306. The molecule has 2 unspecified atom stereocenters. The standard InChI is InChI=1S/C20H32N4O7/c1-14(15-7-2-3-9-17(15)24(29)30)13-31-20(27)22-16(8-4-5-11-21-28)19(26)23-12-6-10-18(23)25/h2-3,9,14-16,18,21,25,28H,4-8,10-13H2,1H3,(H,22,27)/t14?,15?,16-,18+/m0/s1. The SMILES string of the molecule is CC(COC(=O)N[C@@H](CCCCNO)C(=O)N1CCC[C@H]1O)C1CC=CC=C1[N+](=O)[O-]. The number of allylic oxidation sites excluding steroid dienone is 4. The molecule has 4 N–H and O–H groups in total. The van der Waals surface area contributed by atoms with Gasteiger partial charge < -0.3 is 25.3 Å². The Hall–Kier alpha value is -2.50. The maximum absolute atomic E-state index is 12.8. The molecule has 0 aromatic carbocycles. The first kappa shape index (κ1) is 24.8. The summed E-state index contributed by atoms with van der Waals surface area (Å²) in [5, 5.41) is 32.5. The van der Waals surface area contributed by atoms with Crippen LogP contribution in [0.4, 0.5) is 4.79 Å². The molecule has 0 bridgehead atoms. The van der Waals surface area contributed by atoms with Crippen LogP contribution in [0.15, 0.2) is 23.9 Å². The lowest BCUT2D eigenvalue weighted by molar-refractivity contribution is -0.435. The smallest absolute Gasteiger partial charge is 0.407 e. The van der Waals surface area contributed by atoms with E-state index in [9.17, 15) is 24.8 Å². The normalized spacial score (nSPS) is 22.5. The Morgan fingerprint density at radius 3 is 2.84 bits per heavy atom. The second kappa shape index (κ2) is 12.4. The van der Waals surface area contributed by atoms with Gasteiger partial charge in [-0.1, -0.05) is 19.1 Å². The van der Waals surface area contributed by atoms with Crippen molar-refractivity contribution in [3.05, 3.63) is 34.0 Å². The van der Waals surface area contributed by atoms with Crippen LogP contribution >= 0.6 is 0 Å². The minimum Gasteiger partial charge on any atom is -0.449 e. The molecule has 4 atom stereocenters. The zero-order valence-electron chi connectivity index (χ0n) is 17.7. The summed E-state index contributed by atoms with van der Waals surface area (Å²) in [4.78, 5) is 37.3. The first-order chi connectivity index (χ1) is 14.8. The van der Waals surface area contributed by atoms with E-state index < -0.39 is 23.3 Å². The molecule has 31 heavy (non-hydrogen) atoms. The summed E-state index contributed by atoms with van der Waals surface area (Å²) in [5.74, 6) is -1.02. The summed E-state index contributed by atoms with van der Waals surface area (Å²) in [6.07, 6.45) is 6.47. The maximum Gasteiger partial charge on any atom is 0.407 e. The first-order valence-corrected chi connectivity index (χ1v) is 10.6. The first-order valence-electron chi connectivity index (χ1n) is 10.6. The lowest BCUT2D eigenvalue weighted by atomic mass is 9.86. The van der Waals surface area contributed by atoms with Crippen LogP contribution in [0.1, 0.15) is 45.4 Å². The van der Waals surface area contributed by atoms with Crippen molar-refractivity contribution < 1.29 is 29.6 Å². The van der Waals surface area contributed by atoms with E-state index in [1.165, 1.54) is 11.0 Å². The van der Waals surface area contributed by atoms with Gasteiger partial charge >= 0.3 is 6.09 Å². The summed E-state index contributed by atoms with van der Waals surface area (Å²) in [6.45, 7) is 2.53. The number of carbonyl (C=O) groups is 2. The number of rotatable bonds is 11. The number of ether oxygens (including phenoxy) is 1. The third-order valence-corrected chi connectivity index (χ3v) is 5.67. The third-order valence-electron chi connectivity index (χ3n) is 5.67. The summed E-state index contributed by atoms with van der Waals surface area (Å²) in [6, 6.07) is -0.860. The topological polar surface area (TPSA) is 154 Å². The van der Waals surface area contributed by atoms with Crippen molar-refractivity contribution in [2.24, 2.45) is 11.8 Å². The molecule has 11 nitrogen and oxygen atoms in total. The van der Waals surface area contributed by atoms with E-state index in [2.05, 4.69) is 5.32 Å². The summed E-state index contributed by atoms with van der Waals surface area (Å²) in [5.41, 5.74) is 2.13. The Morgan fingerprint density at radius 2 is 2.19 bits per heavy atom. The van der Waals surface area contributed by atoms with Crippen LogP contribution in [0, 0.1) is 22.0 Å². The molecule has 1 saturated heterocycles. The number of nitrogens with one attached hydrogen (secondary N) is 2. The fraction of sp³-hybridized carbons (Fsp3) is 0.700. The van der Waals surface area contributed by atoms with Gasteiger partial charge in [-0.15, -0.1) is 0 Å². The Bertz CT molecular complexity index is 697. The molecule has 2 aliphatic rings. The molecule has 0 aromatic heterocycles. The summed E-state index contributed by atoms with van der Waals surface area (Å²) >= 11 is 0. The second-order valence-corrected chi connectivity index (χ2v) is 7.95. The number of nitro groups is 1. The van der Waals surface area contributed by atoms with E-state index in [4.69, 9.17) is 9.94 Å². The number of hydrogen-bond acceptors (Lipinski definition) is 8. The van der Waals surface area contributed by atoms with Crippen LogP contribution < -0.4 is 10.8 Å². The van der Waals surface area contributed by atoms with Gasteiger partial charge in [0.25, 0.3) is 0 Å². The Kier molecular flexibility index (Phi) is 9.89. The number of nitrogens with zero attached hydrogens (tertiary/aromatic N) is 2. The molecular formula is C20H32N4O7. The highest BCUT2D eigenvalue weighted by atomic mass is 16.6. The molecule has 174 valence electrons. The summed E-state index contributed by atoms with van der Waals surface area (Å²) in [7, 11) is 0.